The lowest BCUT2D eigenvalue weighted by molar-refractivity contribution is -0.00282. The molecule has 0 saturated carbocycles. The normalized spacial score (nSPS) is 17.9. The topological polar surface area (TPSA) is 64.4 Å². The summed E-state index contributed by atoms with van der Waals surface area (Å²) in [4.78, 5) is 27.9. The number of hydrogen-bond donors (Lipinski definition) is 0. The highest BCUT2D eigenvalue weighted by Gasteiger charge is 2.31. The van der Waals surface area contributed by atoms with Crippen LogP contribution in [-0.4, -0.2) is 52.2 Å². The summed E-state index contributed by atoms with van der Waals surface area (Å²) in [5.41, 5.74) is 1.41. The number of rotatable bonds is 5. The van der Waals surface area contributed by atoms with Crippen molar-refractivity contribution in [3.8, 4) is 0 Å². The third kappa shape index (κ3) is 3.42. The monoisotopic (exact) mass is 347 g/mol. The zero-order valence-electron chi connectivity index (χ0n) is 13.9. The molecule has 1 atom stereocenters. The first-order valence-corrected chi connectivity index (χ1v) is 8.96. The lowest BCUT2D eigenvalue weighted by Crippen LogP contribution is -2.49. The standard InChI is InChI=1S/C17H21N3O3S/c1-3-14-13(10-19(2)18-14)17(22)20-6-7-23-11-12(20)9-15(21)16-5-4-8-24-16/h4-5,8,10,12H,3,6-7,9,11H2,1-2H3/t12-/m1/s1. The Bertz CT molecular complexity index is 724. The van der Waals surface area contributed by atoms with Crippen molar-refractivity contribution >= 4 is 23.0 Å². The third-order valence-electron chi connectivity index (χ3n) is 4.18. The molecule has 2 aromatic heterocycles. The van der Waals surface area contributed by atoms with Gasteiger partial charge in [-0.25, -0.2) is 0 Å². The Morgan fingerprint density at radius 1 is 1.46 bits per heavy atom. The van der Waals surface area contributed by atoms with Gasteiger partial charge in [0.1, 0.15) is 0 Å². The summed E-state index contributed by atoms with van der Waals surface area (Å²) in [6, 6.07) is 3.45. The predicted molar refractivity (Wildman–Crippen MR) is 91.5 cm³/mol. The van der Waals surface area contributed by atoms with E-state index in [1.54, 1.807) is 15.8 Å². The van der Waals surface area contributed by atoms with E-state index < -0.39 is 0 Å². The predicted octanol–water partition coefficient (Wildman–Crippen LogP) is 2.16. The maximum Gasteiger partial charge on any atom is 0.257 e. The Morgan fingerprint density at radius 3 is 3.00 bits per heavy atom. The van der Waals surface area contributed by atoms with E-state index in [0.717, 1.165) is 10.6 Å². The van der Waals surface area contributed by atoms with Crippen LogP contribution in [0.1, 0.15) is 39.1 Å². The molecule has 0 radical (unpaired) electrons. The summed E-state index contributed by atoms with van der Waals surface area (Å²) in [5, 5.41) is 6.23. The van der Waals surface area contributed by atoms with Crippen molar-refractivity contribution in [2.45, 2.75) is 25.8 Å². The average Bonchev–Trinajstić information content (AvgIpc) is 3.24. The minimum Gasteiger partial charge on any atom is -0.377 e. The number of thiophene rings is 1. The number of morpholine rings is 1. The largest absolute Gasteiger partial charge is 0.377 e. The highest BCUT2D eigenvalue weighted by atomic mass is 32.1. The van der Waals surface area contributed by atoms with Gasteiger partial charge in [0.05, 0.1) is 35.4 Å². The van der Waals surface area contributed by atoms with Gasteiger partial charge in [0.2, 0.25) is 0 Å². The van der Waals surface area contributed by atoms with Crippen molar-refractivity contribution in [2.24, 2.45) is 7.05 Å². The van der Waals surface area contributed by atoms with E-state index in [9.17, 15) is 9.59 Å². The SMILES string of the molecule is CCc1nn(C)cc1C(=O)N1CCOC[C@H]1CC(=O)c1cccs1. The van der Waals surface area contributed by atoms with Crippen molar-refractivity contribution in [1.29, 1.82) is 0 Å². The van der Waals surface area contributed by atoms with E-state index in [-0.39, 0.29) is 24.2 Å². The molecule has 1 fully saturated rings. The van der Waals surface area contributed by atoms with Crippen LogP contribution in [-0.2, 0) is 18.2 Å². The number of nitrogens with zero attached hydrogens (tertiary/aromatic N) is 3. The molecule has 1 aliphatic heterocycles. The number of ketones is 1. The van der Waals surface area contributed by atoms with Crippen LogP contribution in [0.25, 0.3) is 0 Å². The molecule has 24 heavy (non-hydrogen) atoms. The van der Waals surface area contributed by atoms with Crippen LogP contribution in [0.15, 0.2) is 23.7 Å². The Morgan fingerprint density at radius 2 is 2.29 bits per heavy atom. The maximum absolute atomic E-state index is 13.0. The molecule has 7 heteroatoms. The molecule has 1 saturated heterocycles. The van der Waals surface area contributed by atoms with Gasteiger partial charge in [-0.15, -0.1) is 11.3 Å². The van der Waals surface area contributed by atoms with Crippen LogP contribution < -0.4 is 0 Å². The molecule has 1 aliphatic rings. The fraction of sp³-hybridized carbons (Fsp3) is 0.471. The van der Waals surface area contributed by atoms with Crippen molar-refractivity contribution < 1.29 is 14.3 Å². The molecule has 3 heterocycles. The number of carbonyl (C=O) groups excluding carboxylic acids is 2. The van der Waals surface area contributed by atoms with E-state index in [2.05, 4.69) is 5.10 Å². The molecule has 2 aromatic rings. The number of amides is 1. The van der Waals surface area contributed by atoms with Gasteiger partial charge in [-0.05, 0) is 17.9 Å². The molecular weight excluding hydrogens is 326 g/mol. The second-order valence-corrected chi connectivity index (χ2v) is 6.80. The van der Waals surface area contributed by atoms with Crippen LogP contribution in [0, 0.1) is 0 Å². The summed E-state index contributed by atoms with van der Waals surface area (Å²) in [5.74, 6) is -0.00701. The van der Waals surface area contributed by atoms with E-state index in [1.165, 1.54) is 11.3 Å². The smallest absolute Gasteiger partial charge is 0.257 e. The van der Waals surface area contributed by atoms with Crippen molar-refractivity contribution in [2.75, 3.05) is 19.8 Å². The minimum absolute atomic E-state index is 0.0557. The molecule has 0 spiro atoms. The first kappa shape index (κ1) is 16.9. The molecule has 128 valence electrons. The second-order valence-electron chi connectivity index (χ2n) is 5.85. The van der Waals surface area contributed by atoms with Gasteiger partial charge >= 0.3 is 0 Å². The number of aryl methyl sites for hydroxylation is 2. The summed E-state index contributed by atoms with van der Waals surface area (Å²) in [7, 11) is 1.81. The van der Waals surface area contributed by atoms with Gasteiger partial charge in [-0.2, -0.15) is 5.10 Å². The van der Waals surface area contributed by atoms with Gasteiger partial charge in [-0.1, -0.05) is 13.0 Å². The number of Topliss-reactive ketones (excluding diaryl/α,β-unsaturated/α-hetero) is 1. The van der Waals surface area contributed by atoms with Gasteiger partial charge in [0.25, 0.3) is 5.91 Å². The first-order valence-electron chi connectivity index (χ1n) is 8.08. The molecule has 1 amide bonds. The zero-order valence-corrected chi connectivity index (χ0v) is 14.7. The lowest BCUT2D eigenvalue weighted by atomic mass is 10.1. The van der Waals surface area contributed by atoms with Crippen molar-refractivity contribution in [3.05, 3.63) is 39.8 Å². The van der Waals surface area contributed by atoms with Crippen LogP contribution in [0.5, 0.6) is 0 Å². The Labute approximate surface area is 145 Å². The lowest BCUT2D eigenvalue weighted by Gasteiger charge is -2.35. The van der Waals surface area contributed by atoms with Crippen molar-refractivity contribution in [1.82, 2.24) is 14.7 Å². The number of hydrogen-bond acceptors (Lipinski definition) is 5. The highest BCUT2D eigenvalue weighted by Crippen LogP contribution is 2.20. The fourth-order valence-corrected chi connectivity index (χ4v) is 3.65. The first-order chi connectivity index (χ1) is 11.6. The molecule has 0 aliphatic carbocycles. The average molecular weight is 347 g/mol. The maximum atomic E-state index is 13.0. The number of aromatic nitrogens is 2. The highest BCUT2D eigenvalue weighted by molar-refractivity contribution is 7.12. The molecule has 3 rings (SSSR count). The quantitative estimate of drug-likeness (QED) is 0.778. The van der Waals surface area contributed by atoms with E-state index >= 15 is 0 Å². The second kappa shape index (κ2) is 7.27. The zero-order chi connectivity index (χ0) is 17.1. The van der Waals surface area contributed by atoms with Crippen LogP contribution in [0.2, 0.25) is 0 Å². The van der Waals surface area contributed by atoms with Gasteiger partial charge in [0, 0.05) is 26.2 Å². The van der Waals surface area contributed by atoms with Gasteiger partial charge in [-0.3, -0.25) is 14.3 Å². The molecule has 0 N–H and O–H groups in total. The van der Waals surface area contributed by atoms with Crippen LogP contribution >= 0.6 is 11.3 Å². The van der Waals surface area contributed by atoms with Gasteiger partial charge in [0.15, 0.2) is 5.78 Å². The number of ether oxygens (including phenoxy) is 1. The van der Waals surface area contributed by atoms with Crippen molar-refractivity contribution in [3.63, 3.8) is 0 Å². The molecular formula is C17H21N3O3S. The Kier molecular flexibility index (Phi) is 5.11. The molecule has 6 nitrogen and oxygen atoms in total. The minimum atomic E-state index is -0.231. The summed E-state index contributed by atoms with van der Waals surface area (Å²) in [6.07, 6.45) is 2.74. The van der Waals surface area contributed by atoms with E-state index in [1.807, 2.05) is 31.5 Å². The summed E-state index contributed by atoms with van der Waals surface area (Å²) in [6.45, 7) is 3.37. The Balaban J connectivity index is 1.78. The summed E-state index contributed by atoms with van der Waals surface area (Å²) >= 11 is 1.43. The summed E-state index contributed by atoms with van der Waals surface area (Å²) < 4.78 is 7.18. The molecule has 0 aromatic carbocycles. The van der Waals surface area contributed by atoms with Crippen LogP contribution in [0.4, 0.5) is 0 Å². The third-order valence-corrected chi connectivity index (χ3v) is 5.09. The van der Waals surface area contributed by atoms with Crippen LogP contribution in [0.3, 0.4) is 0 Å². The Hall–Kier alpha value is -1.99. The number of carbonyl (C=O) groups is 2. The van der Waals surface area contributed by atoms with E-state index in [0.29, 0.717) is 31.7 Å². The van der Waals surface area contributed by atoms with Gasteiger partial charge < -0.3 is 9.64 Å². The molecule has 0 unspecified atom stereocenters. The van der Waals surface area contributed by atoms with E-state index in [4.69, 9.17) is 4.74 Å². The molecule has 0 bridgehead atoms. The fourth-order valence-electron chi connectivity index (χ4n) is 2.97.